The van der Waals surface area contributed by atoms with E-state index in [1.165, 1.54) is 12.1 Å². The third-order valence-electron chi connectivity index (χ3n) is 5.43. The van der Waals surface area contributed by atoms with Gasteiger partial charge in [-0.05, 0) is 67.0 Å². The maximum absolute atomic E-state index is 13.1. The smallest absolute Gasteiger partial charge is 0.408 e. The second-order valence-corrected chi connectivity index (χ2v) is 13.3. The molecule has 1 aromatic carbocycles. The number of carbonyl (C=O) groups excluding carboxylic acids is 3. The molecule has 12 heteroatoms. The van der Waals surface area contributed by atoms with Gasteiger partial charge < -0.3 is 24.8 Å². The first-order valence-electron chi connectivity index (χ1n) is 13.4. The third kappa shape index (κ3) is 13.2. The van der Waals surface area contributed by atoms with E-state index in [1.807, 2.05) is 31.2 Å². The number of benzene rings is 1. The van der Waals surface area contributed by atoms with Gasteiger partial charge in [-0.2, -0.15) is 8.42 Å². The minimum Gasteiger partial charge on any atom is -0.458 e. The van der Waals surface area contributed by atoms with Gasteiger partial charge in [-0.3, -0.25) is 4.18 Å². The standard InChI is InChI=1S/C29H42N2O9S/c1-20-13-15-23(16-14-20)41(35,36)40-22(18-30-26(33)37-19-21-11-9-8-10-12-21)17-24(25(32)38-28(2,3)4)31-27(34)39-29(5,6)7/h8-11,13-16,21-22,24H,12,17-19H2,1-7H3,(H,30,33)(H,31,34)/t21?,22-,24+/m1/s1. The summed E-state index contributed by atoms with van der Waals surface area (Å²) in [6, 6.07) is 4.64. The Kier molecular flexibility index (Phi) is 12.0. The summed E-state index contributed by atoms with van der Waals surface area (Å²) in [6.45, 7) is 11.5. The third-order valence-corrected chi connectivity index (χ3v) is 6.80. The van der Waals surface area contributed by atoms with Crippen molar-refractivity contribution < 1.29 is 41.2 Å². The van der Waals surface area contributed by atoms with Crippen LogP contribution in [0.5, 0.6) is 0 Å². The van der Waals surface area contributed by atoms with Crippen LogP contribution in [0.3, 0.4) is 0 Å². The predicted molar refractivity (Wildman–Crippen MR) is 153 cm³/mol. The molecule has 0 heterocycles. The minimum absolute atomic E-state index is 0.0225. The van der Waals surface area contributed by atoms with Crippen LogP contribution in [0.2, 0.25) is 0 Å². The molecule has 0 saturated heterocycles. The molecule has 3 atom stereocenters. The van der Waals surface area contributed by atoms with Crippen LogP contribution in [-0.4, -0.2) is 63.1 Å². The van der Waals surface area contributed by atoms with Gasteiger partial charge in [0.2, 0.25) is 0 Å². The zero-order valence-corrected chi connectivity index (χ0v) is 25.6. The molecule has 2 rings (SSSR count). The molecule has 1 unspecified atom stereocenters. The highest BCUT2D eigenvalue weighted by molar-refractivity contribution is 7.86. The summed E-state index contributed by atoms with van der Waals surface area (Å²) in [7, 11) is -4.32. The van der Waals surface area contributed by atoms with Gasteiger partial charge in [0.1, 0.15) is 17.2 Å². The van der Waals surface area contributed by atoms with Gasteiger partial charge in [-0.25, -0.2) is 14.4 Å². The Labute approximate surface area is 242 Å². The van der Waals surface area contributed by atoms with Gasteiger partial charge in [-0.1, -0.05) is 42.0 Å². The highest BCUT2D eigenvalue weighted by atomic mass is 32.2. The molecule has 0 spiro atoms. The number of rotatable bonds is 11. The number of esters is 1. The Balaban J connectivity index is 2.24. The van der Waals surface area contributed by atoms with Crippen molar-refractivity contribution in [2.45, 2.75) is 89.6 Å². The molecule has 1 aliphatic carbocycles. The molecule has 0 saturated carbocycles. The maximum atomic E-state index is 13.1. The van der Waals surface area contributed by atoms with Crippen molar-refractivity contribution in [2.75, 3.05) is 13.2 Å². The number of alkyl carbamates (subject to hydrolysis) is 2. The summed E-state index contributed by atoms with van der Waals surface area (Å²) in [5.74, 6) is -0.807. The normalized spacial score (nSPS) is 16.8. The van der Waals surface area contributed by atoms with Crippen LogP contribution in [0.1, 0.15) is 59.9 Å². The lowest BCUT2D eigenvalue weighted by Crippen LogP contribution is -2.49. The molecule has 0 bridgehead atoms. The highest BCUT2D eigenvalue weighted by Crippen LogP contribution is 2.19. The van der Waals surface area contributed by atoms with E-state index in [-0.39, 0.29) is 30.4 Å². The number of carbonyl (C=O) groups is 3. The van der Waals surface area contributed by atoms with Crippen LogP contribution in [0.15, 0.2) is 53.5 Å². The van der Waals surface area contributed by atoms with Gasteiger partial charge in [0.05, 0.1) is 17.6 Å². The quantitative estimate of drug-likeness (QED) is 0.214. The van der Waals surface area contributed by atoms with E-state index < -0.39 is 51.6 Å². The predicted octanol–water partition coefficient (Wildman–Crippen LogP) is 4.55. The molecule has 0 fully saturated rings. The number of nitrogens with one attached hydrogen (secondary N) is 2. The second-order valence-electron chi connectivity index (χ2n) is 11.7. The second kappa shape index (κ2) is 14.5. The summed E-state index contributed by atoms with van der Waals surface area (Å²) >= 11 is 0. The van der Waals surface area contributed by atoms with E-state index >= 15 is 0 Å². The Morgan fingerprint density at radius 2 is 1.59 bits per heavy atom. The lowest BCUT2D eigenvalue weighted by atomic mass is 10.0. The molecule has 2 N–H and O–H groups in total. The summed E-state index contributed by atoms with van der Waals surface area (Å²) in [5.41, 5.74) is -0.915. The highest BCUT2D eigenvalue weighted by Gasteiger charge is 2.33. The molecular weight excluding hydrogens is 552 g/mol. The van der Waals surface area contributed by atoms with E-state index in [9.17, 15) is 22.8 Å². The minimum atomic E-state index is -4.32. The lowest BCUT2D eigenvalue weighted by molar-refractivity contribution is -0.158. The van der Waals surface area contributed by atoms with Crippen molar-refractivity contribution in [3.8, 4) is 0 Å². The molecule has 0 radical (unpaired) electrons. The van der Waals surface area contributed by atoms with Crippen LogP contribution < -0.4 is 10.6 Å². The number of ether oxygens (including phenoxy) is 3. The zero-order valence-electron chi connectivity index (χ0n) is 24.8. The zero-order chi connectivity index (χ0) is 30.8. The van der Waals surface area contributed by atoms with Crippen molar-refractivity contribution in [1.29, 1.82) is 0 Å². The number of aryl methyl sites for hydroxylation is 1. The van der Waals surface area contributed by atoms with Crippen LogP contribution in [0.4, 0.5) is 9.59 Å². The molecule has 2 amide bonds. The van der Waals surface area contributed by atoms with Gasteiger partial charge >= 0.3 is 18.2 Å². The Morgan fingerprint density at radius 1 is 0.951 bits per heavy atom. The van der Waals surface area contributed by atoms with E-state index in [1.54, 1.807) is 53.7 Å². The largest absolute Gasteiger partial charge is 0.458 e. The van der Waals surface area contributed by atoms with Crippen LogP contribution in [-0.2, 0) is 33.3 Å². The SMILES string of the molecule is Cc1ccc(S(=O)(=O)O[C@@H](CNC(=O)OCC2C=CC=CC2)C[C@H](NC(=O)OC(C)(C)C)C(=O)OC(C)(C)C)cc1. The van der Waals surface area contributed by atoms with Gasteiger partial charge in [0, 0.05) is 18.9 Å². The van der Waals surface area contributed by atoms with E-state index in [4.69, 9.17) is 18.4 Å². The average Bonchev–Trinajstić information content (AvgIpc) is 2.84. The molecule has 41 heavy (non-hydrogen) atoms. The number of amides is 2. The average molecular weight is 595 g/mol. The van der Waals surface area contributed by atoms with E-state index in [0.29, 0.717) is 0 Å². The lowest BCUT2D eigenvalue weighted by Gasteiger charge is -2.28. The van der Waals surface area contributed by atoms with Crippen molar-refractivity contribution in [2.24, 2.45) is 5.92 Å². The van der Waals surface area contributed by atoms with Crippen LogP contribution in [0, 0.1) is 12.8 Å². The molecular formula is C29H42N2O9S. The van der Waals surface area contributed by atoms with Crippen molar-refractivity contribution in [3.63, 3.8) is 0 Å². The summed E-state index contributed by atoms with van der Waals surface area (Å²) in [6.07, 6.45) is 5.01. The van der Waals surface area contributed by atoms with E-state index in [0.717, 1.165) is 12.0 Å². The molecule has 0 aromatic heterocycles. The van der Waals surface area contributed by atoms with Gasteiger partial charge in [-0.15, -0.1) is 0 Å². The van der Waals surface area contributed by atoms with E-state index in [2.05, 4.69) is 10.6 Å². The number of hydrogen-bond acceptors (Lipinski definition) is 9. The van der Waals surface area contributed by atoms with Gasteiger partial charge in [0.15, 0.2) is 0 Å². The van der Waals surface area contributed by atoms with Crippen molar-refractivity contribution in [1.82, 2.24) is 10.6 Å². The molecule has 0 aliphatic heterocycles. The monoisotopic (exact) mass is 594 g/mol. The Bertz CT molecular complexity index is 1210. The Morgan fingerprint density at radius 3 is 2.15 bits per heavy atom. The molecule has 11 nitrogen and oxygen atoms in total. The summed E-state index contributed by atoms with van der Waals surface area (Å²) in [5, 5.41) is 4.95. The molecule has 1 aliphatic rings. The maximum Gasteiger partial charge on any atom is 0.408 e. The number of allylic oxidation sites excluding steroid dienone is 3. The fraction of sp³-hybridized carbons (Fsp3) is 0.552. The first-order chi connectivity index (χ1) is 18.9. The van der Waals surface area contributed by atoms with Crippen molar-refractivity contribution >= 4 is 28.3 Å². The van der Waals surface area contributed by atoms with Gasteiger partial charge in [0.25, 0.3) is 10.1 Å². The molecule has 1 aromatic rings. The van der Waals surface area contributed by atoms with Crippen LogP contribution in [0.25, 0.3) is 0 Å². The fourth-order valence-electron chi connectivity index (χ4n) is 3.58. The molecule has 228 valence electrons. The summed E-state index contributed by atoms with van der Waals surface area (Å²) < 4.78 is 47.7. The Hall–Kier alpha value is -3.38. The first kappa shape index (κ1) is 33.8. The van der Waals surface area contributed by atoms with Crippen LogP contribution >= 0.6 is 0 Å². The van der Waals surface area contributed by atoms with Crippen molar-refractivity contribution in [3.05, 3.63) is 54.1 Å². The first-order valence-corrected chi connectivity index (χ1v) is 14.8. The topological polar surface area (TPSA) is 146 Å². The number of hydrogen-bond donors (Lipinski definition) is 2. The summed E-state index contributed by atoms with van der Waals surface area (Å²) in [4.78, 5) is 38.0. The fourth-order valence-corrected chi connectivity index (χ4v) is 4.67.